The predicted octanol–water partition coefficient (Wildman–Crippen LogP) is 2.94. The highest BCUT2D eigenvalue weighted by molar-refractivity contribution is 6.35. The number of carbonyl (C=O) groups excluding carboxylic acids is 2. The van der Waals surface area contributed by atoms with Crippen LogP contribution in [0.15, 0.2) is 18.2 Å². The van der Waals surface area contributed by atoms with E-state index in [4.69, 9.17) is 14.2 Å². The number of ether oxygens (including phenoxy) is 3. The van der Waals surface area contributed by atoms with Crippen LogP contribution in [0.3, 0.4) is 0 Å². The molecule has 8 heteroatoms. The highest BCUT2D eigenvalue weighted by Crippen LogP contribution is 2.34. The van der Waals surface area contributed by atoms with Gasteiger partial charge in [-0.2, -0.15) is 0 Å². The molecule has 0 saturated carbocycles. The summed E-state index contributed by atoms with van der Waals surface area (Å²) in [6.45, 7) is 9.62. The van der Waals surface area contributed by atoms with Gasteiger partial charge in [-0.05, 0) is 44.5 Å². The molecule has 33 heavy (non-hydrogen) atoms. The zero-order valence-electron chi connectivity index (χ0n) is 19.5. The summed E-state index contributed by atoms with van der Waals surface area (Å²) < 4.78 is 16.6. The Balaban J connectivity index is 1.59. The molecule has 0 bridgehead atoms. The molecule has 3 heterocycles. The monoisotopic (exact) mass is 453 g/mol. The normalized spacial score (nSPS) is 19.1. The quantitative estimate of drug-likeness (QED) is 0.682. The Morgan fingerprint density at radius 1 is 0.970 bits per heavy atom. The van der Waals surface area contributed by atoms with Crippen LogP contribution in [-0.2, 0) is 19.0 Å². The fraction of sp³-hybridized carbons (Fsp3) is 0.440. The first-order valence-corrected chi connectivity index (χ1v) is 11.3. The third-order valence-corrected chi connectivity index (χ3v) is 5.98. The van der Waals surface area contributed by atoms with E-state index in [1.807, 2.05) is 45.0 Å². The van der Waals surface area contributed by atoms with Crippen LogP contribution in [0.4, 0.5) is 5.69 Å². The fourth-order valence-electron chi connectivity index (χ4n) is 4.19. The molecule has 2 aromatic rings. The Labute approximate surface area is 193 Å². The standard InChI is InChI=1S/C25H31N3O5/c1-16-4-5-21-19(14-16)20(24(29)27-21)15-22-17(2)23(18(3)26-22)25(30)28-6-8-31-10-12-33-13-11-32-9-7-28/h4-5,14-15,26H,6-13H2,1-3H3,(H,27,29)/b20-15-. The zero-order chi connectivity index (χ0) is 23.4. The second-order valence-corrected chi connectivity index (χ2v) is 8.35. The first-order chi connectivity index (χ1) is 16.0. The lowest BCUT2D eigenvalue weighted by Crippen LogP contribution is -2.37. The molecule has 176 valence electrons. The van der Waals surface area contributed by atoms with Gasteiger partial charge in [-0.1, -0.05) is 11.6 Å². The molecule has 1 saturated heterocycles. The molecule has 4 rings (SSSR count). The summed E-state index contributed by atoms with van der Waals surface area (Å²) in [4.78, 5) is 31.2. The van der Waals surface area contributed by atoms with Crippen LogP contribution >= 0.6 is 0 Å². The molecule has 2 amide bonds. The van der Waals surface area contributed by atoms with Crippen LogP contribution in [-0.4, -0.2) is 74.4 Å². The van der Waals surface area contributed by atoms with Gasteiger partial charge in [0.1, 0.15) is 0 Å². The number of aromatic nitrogens is 1. The molecule has 2 N–H and O–H groups in total. The van der Waals surface area contributed by atoms with Gasteiger partial charge in [0, 0.05) is 35.7 Å². The van der Waals surface area contributed by atoms with E-state index in [1.54, 1.807) is 4.90 Å². The van der Waals surface area contributed by atoms with E-state index >= 15 is 0 Å². The van der Waals surface area contributed by atoms with Crippen molar-refractivity contribution in [2.75, 3.05) is 58.0 Å². The Hall–Kier alpha value is -2.94. The van der Waals surface area contributed by atoms with Gasteiger partial charge in [0.25, 0.3) is 11.8 Å². The number of amides is 2. The summed E-state index contributed by atoms with van der Waals surface area (Å²) >= 11 is 0. The number of anilines is 1. The van der Waals surface area contributed by atoms with Crippen molar-refractivity contribution in [3.63, 3.8) is 0 Å². The molecule has 2 aliphatic heterocycles. The van der Waals surface area contributed by atoms with E-state index in [-0.39, 0.29) is 11.8 Å². The maximum atomic E-state index is 13.5. The van der Waals surface area contributed by atoms with Gasteiger partial charge in [-0.3, -0.25) is 9.59 Å². The van der Waals surface area contributed by atoms with Gasteiger partial charge in [0.2, 0.25) is 0 Å². The minimum atomic E-state index is -0.142. The lowest BCUT2D eigenvalue weighted by atomic mass is 10.0. The van der Waals surface area contributed by atoms with Crippen LogP contribution in [0, 0.1) is 20.8 Å². The molecule has 0 unspecified atom stereocenters. The van der Waals surface area contributed by atoms with Gasteiger partial charge < -0.3 is 29.4 Å². The Morgan fingerprint density at radius 2 is 1.61 bits per heavy atom. The second kappa shape index (κ2) is 10.3. The minimum Gasteiger partial charge on any atom is -0.377 e. The van der Waals surface area contributed by atoms with Crippen molar-refractivity contribution in [3.8, 4) is 0 Å². The Bertz CT molecular complexity index is 1060. The zero-order valence-corrected chi connectivity index (χ0v) is 19.5. The highest BCUT2D eigenvalue weighted by atomic mass is 16.5. The number of rotatable bonds is 2. The van der Waals surface area contributed by atoms with E-state index < -0.39 is 0 Å². The van der Waals surface area contributed by atoms with Crippen molar-refractivity contribution in [3.05, 3.63) is 51.8 Å². The number of nitrogens with zero attached hydrogens (tertiary/aromatic N) is 1. The predicted molar refractivity (Wildman–Crippen MR) is 126 cm³/mol. The molecule has 0 radical (unpaired) electrons. The number of benzene rings is 1. The van der Waals surface area contributed by atoms with Gasteiger partial charge in [-0.15, -0.1) is 0 Å². The first-order valence-electron chi connectivity index (χ1n) is 11.3. The topological polar surface area (TPSA) is 92.9 Å². The van der Waals surface area contributed by atoms with Crippen molar-refractivity contribution < 1.29 is 23.8 Å². The second-order valence-electron chi connectivity index (χ2n) is 8.35. The van der Waals surface area contributed by atoms with Crippen LogP contribution in [0.25, 0.3) is 11.6 Å². The largest absolute Gasteiger partial charge is 0.377 e. The van der Waals surface area contributed by atoms with Crippen LogP contribution < -0.4 is 5.32 Å². The number of carbonyl (C=O) groups is 2. The summed E-state index contributed by atoms with van der Waals surface area (Å²) in [5.74, 6) is -0.213. The third kappa shape index (κ3) is 5.19. The van der Waals surface area contributed by atoms with E-state index in [2.05, 4.69) is 10.3 Å². The van der Waals surface area contributed by atoms with E-state index in [0.717, 1.165) is 33.8 Å². The smallest absolute Gasteiger partial charge is 0.256 e. The summed E-state index contributed by atoms with van der Waals surface area (Å²) in [5.41, 5.74) is 6.33. The lowest BCUT2D eigenvalue weighted by Gasteiger charge is -2.24. The average Bonchev–Trinajstić information content (AvgIpc) is 3.23. The number of aryl methyl sites for hydroxylation is 2. The third-order valence-electron chi connectivity index (χ3n) is 5.98. The fourth-order valence-corrected chi connectivity index (χ4v) is 4.19. The number of hydrogen-bond donors (Lipinski definition) is 2. The average molecular weight is 454 g/mol. The minimum absolute atomic E-state index is 0.0708. The maximum Gasteiger partial charge on any atom is 0.256 e. The Morgan fingerprint density at radius 3 is 2.27 bits per heavy atom. The van der Waals surface area contributed by atoms with Crippen molar-refractivity contribution in [1.29, 1.82) is 0 Å². The molecule has 0 aliphatic carbocycles. The molecular formula is C25H31N3O5. The molecule has 8 nitrogen and oxygen atoms in total. The first kappa shape index (κ1) is 23.2. The van der Waals surface area contributed by atoms with Crippen LogP contribution in [0.1, 0.15) is 38.4 Å². The molecule has 0 spiro atoms. The highest BCUT2D eigenvalue weighted by Gasteiger charge is 2.27. The summed E-state index contributed by atoms with van der Waals surface area (Å²) in [7, 11) is 0. The number of nitrogens with one attached hydrogen (secondary N) is 2. The van der Waals surface area contributed by atoms with Crippen molar-refractivity contribution in [2.24, 2.45) is 0 Å². The lowest BCUT2D eigenvalue weighted by molar-refractivity contribution is -0.110. The molecule has 2 aliphatic rings. The maximum absolute atomic E-state index is 13.5. The van der Waals surface area contributed by atoms with Gasteiger partial charge >= 0.3 is 0 Å². The van der Waals surface area contributed by atoms with Crippen LogP contribution in [0.2, 0.25) is 0 Å². The van der Waals surface area contributed by atoms with Gasteiger partial charge in [0.15, 0.2) is 0 Å². The Kier molecular flexibility index (Phi) is 7.27. The van der Waals surface area contributed by atoms with E-state index in [9.17, 15) is 9.59 Å². The molecular weight excluding hydrogens is 422 g/mol. The number of hydrogen-bond acceptors (Lipinski definition) is 5. The SMILES string of the molecule is Cc1ccc2c(c1)/C(=C/c1[nH]c(C)c(C(=O)N3CCOCCOCCOCC3)c1C)C(=O)N2. The number of aromatic amines is 1. The van der Waals surface area contributed by atoms with Crippen molar-refractivity contribution in [2.45, 2.75) is 20.8 Å². The van der Waals surface area contributed by atoms with Crippen LogP contribution in [0.5, 0.6) is 0 Å². The summed E-state index contributed by atoms with van der Waals surface area (Å²) in [6.07, 6.45) is 1.84. The van der Waals surface area contributed by atoms with Gasteiger partial charge in [0.05, 0.1) is 50.8 Å². The molecule has 1 aromatic carbocycles. The molecule has 0 atom stereocenters. The van der Waals surface area contributed by atoms with Gasteiger partial charge in [-0.25, -0.2) is 0 Å². The van der Waals surface area contributed by atoms with E-state index in [1.165, 1.54) is 0 Å². The van der Waals surface area contributed by atoms with E-state index in [0.29, 0.717) is 63.9 Å². The van der Waals surface area contributed by atoms with Crippen molar-refractivity contribution >= 4 is 29.2 Å². The number of H-pyrrole nitrogens is 1. The number of fused-ring (bicyclic) bond motifs is 1. The molecule has 1 aromatic heterocycles. The summed E-state index contributed by atoms with van der Waals surface area (Å²) in [6, 6.07) is 5.89. The molecule has 1 fully saturated rings. The summed E-state index contributed by atoms with van der Waals surface area (Å²) in [5, 5.41) is 2.91. The van der Waals surface area contributed by atoms with Crippen molar-refractivity contribution in [1.82, 2.24) is 9.88 Å².